The maximum Gasteiger partial charge on any atom is 0.248 e. The molecule has 2 aromatic heterocycles. The van der Waals surface area contributed by atoms with E-state index in [2.05, 4.69) is 25.5 Å². The van der Waals surface area contributed by atoms with Crippen molar-refractivity contribution in [1.82, 2.24) is 29.5 Å². The summed E-state index contributed by atoms with van der Waals surface area (Å²) in [7, 11) is 1.55. The first-order valence-corrected chi connectivity index (χ1v) is 10.1. The second kappa shape index (κ2) is 8.11. The van der Waals surface area contributed by atoms with Gasteiger partial charge in [0, 0.05) is 24.8 Å². The van der Waals surface area contributed by atoms with E-state index in [0.29, 0.717) is 48.4 Å². The smallest absolute Gasteiger partial charge is 0.248 e. The number of ether oxygens (including phenoxy) is 1. The van der Waals surface area contributed by atoms with Gasteiger partial charge in [0.25, 0.3) is 0 Å². The van der Waals surface area contributed by atoms with Crippen LogP contribution in [0.1, 0.15) is 12.2 Å². The lowest BCUT2D eigenvalue weighted by atomic mass is 10.2. The zero-order chi connectivity index (χ0) is 23.1. The molecule has 5 rings (SSSR count). The van der Waals surface area contributed by atoms with Crippen molar-refractivity contribution < 1.29 is 17.9 Å². The number of aryl methyl sites for hydroxylation is 2. The van der Waals surface area contributed by atoms with Gasteiger partial charge >= 0.3 is 0 Å². The standard InChI is InChI=1S/C21H19F3N8O/c1-12-25-11-32(28-12)15-6-4-13(10-17(15)33-2)26-20-27-21-30(8-3-9-31(21)29-20)16-7-5-14(22)18(23)19(16)24/h4-7,10-11H,3,8-9H2,1-2H3,(H,26,29). The third kappa shape index (κ3) is 3.73. The first-order chi connectivity index (χ1) is 15.9. The minimum absolute atomic E-state index is 0.0945. The van der Waals surface area contributed by atoms with Crippen molar-refractivity contribution >= 4 is 23.3 Å². The summed E-state index contributed by atoms with van der Waals surface area (Å²) < 4.78 is 50.3. The van der Waals surface area contributed by atoms with E-state index in [1.165, 1.54) is 11.0 Å². The van der Waals surface area contributed by atoms with E-state index in [0.717, 1.165) is 6.07 Å². The molecule has 0 saturated carbocycles. The number of hydrogen-bond acceptors (Lipinski definition) is 7. The minimum Gasteiger partial charge on any atom is -0.494 e. The number of methoxy groups -OCH3 is 1. The van der Waals surface area contributed by atoms with Crippen molar-refractivity contribution in [3.63, 3.8) is 0 Å². The van der Waals surface area contributed by atoms with Crippen LogP contribution < -0.4 is 15.0 Å². The Bertz CT molecular complexity index is 1340. The molecule has 33 heavy (non-hydrogen) atoms. The van der Waals surface area contributed by atoms with Crippen LogP contribution in [-0.4, -0.2) is 43.2 Å². The van der Waals surface area contributed by atoms with Crippen LogP contribution in [0.5, 0.6) is 5.75 Å². The molecule has 0 fully saturated rings. The van der Waals surface area contributed by atoms with Gasteiger partial charge in [-0.25, -0.2) is 27.5 Å². The van der Waals surface area contributed by atoms with E-state index in [-0.39, 0.29) is 11.6 Å². The molecule has 0 amide bonds. The minimum atomic E-state index is -1.52. The van der Waals surface area contributed by atoms with Crippen molar-refractivity contribution in [2.24, 2.45) is 0 Å². The van der Waals surface area contributed by atoms with Crippen molar-refractivity contribution in [3.8, 4) is 11.4 Å². The third-order valence-corrected chi connectivity index (χ3v) is 5.24. The molecule has 1 aliphatic heterocycles. The van der Waals surface area contributed by atoms with Crippen LogP contribution in [0.2, 0.25) is 0 Å². The Hall–Kier alpha value is -4.09. The normalized spacial score (nSPS) is 13.2. The van der Waals surface area contributed by atoms with Crippen LogP contribution in [0.3, 0.4) is 0 Å². The van der Waals surface area contributed by atoms with Crippen LogP contribution in [0.25, 0.3) is 5.69 Å². The second-order valence-corrected chi connectivity index (χ2v) is 7.41. The molecule has 0 unspecified atom stereocenters. The Morgan fingerprint density at radius 2 is 1.82 bits per heavy atom. The summed E-state index contributed by atoms with van der Waals surface area (Å²) in [6, 6.07) is 7.47. The first-order valence-electron chi connectivity index (χ1n) is 10.1. The van der Waals surface area contributed by atoms with E-state index >= 15 is 0 Å². The van der Waals surface area contributed by atoms with Gasteiger partial charge in [0.05, 0.1) is 12.8 Å². The SMILES string of the molecule is COc1cc(Nc2nc3n(n2)CCCN3c2ccc(F)c(F)c2F)ccc1-n1cnc(C)n1. The maximum absolute atomic E-state index is 14.4. The van der Waals surface area contributed by atoms with Crippen LogP contribution in [0, 0.1) is 24.4 Å². The van der Waals surface area contributed by atoms with E-state index in [4.69, 9.17) is 4.74 Å². The van der Waals surface area contributed by atoms with Crippen LogP contribution in [0.4, 0.5) is 36.4 Å². The van der Waals surface area contributed by atoms with Crippen molar-refractivity contribution in [1.29, 1.82) is 0 Å². The van der Waals surface area contributed by atoms with Gasteiger partial charge in [-0.1, -0.05) is 0 Å². The molecule has 0 spiro atoms. The zero-order valence-corrected chi connectivity index (χ0v) is 17.8. The van der Waals surface area contributed by atoms with Gasteiger partial charge < -0.3 is 15.0 Å². The molecule has 3 heterocycles. The molecule has 9 nitrogen and oxygen atoms in total. The van der Waals surface area contributed by atoms with E-state index in [1.807, 2.05) is 12.1 Å². The summed E-state index contributed by atoms with van der Waals surface area (Å²) in [6.07, 6.45) is 2.23. The van der Waals surface area contributed by atoms with Crippen LogP contribution >= 0.6 is 0 Å². The highest BCUT2D eigenvalue weighted by Gasteiger charge is 2.27. The molecule has 0 radical (unpaired) electrons. The maximum atomic E-state index is 14.4. The molecule has 0 bridgehead atoms. The first kappa shape index (κ1) is 20.8. The summed E-state index contributed by atoms with van der Waals surface area (Å²) in [5, 5.41) is 11.8. The topological polar surface area (TPSA) is 85.9 Å². The second-order valence-electron chi connectivity index (χ2n) is 7.41. The summed E-state index contributed by atoms with van der Waals surface area (Å²) in [4.78, 5) is 10.1. The number of halogens is 3. The number of rotatable bonds is 5. The lowest BCUT2D eigenvalue weighted by molar-refractivity contribution is 0.412. The van der Waals surface area contributed by atoms with Gasteiger partial charge in [0.15, 0.2) is 17.5 Å². The monoisotopic (exact) mass is 456 g/mol. The highest BCUT2D eigenvalue weighted by molar-refractivity contribution is 5.64. The average molecular weight is 456 g/mol. The fraction of sp³-hybridized carbons (Fsp3) is 0.238. The van der Waals surface area contributed by atoms with Gasteiger partial charge in [0.1, 0.15) is 23.6 Å². The highest BCUT2D eigenvalue weighted by Crippen LogP contribution is 2.33. The predicted molar refractivity (Wildman–Crippen MR) is 114 cm³/mol. The van der Waals surface area contributed by atoms with Gasteiger partial charge in [-0.2, -0.15) is 10.1 Å². The predicted octanol–water partition coefficient (Wildman–Crippen LogP) is 3.88. The van der Waals surface area contributed by atoms with Gasteiger partial charge in [-0.3, -0.25) is 0 Å². The molecule has 12 heteroatoms. The molecule has 170 valence electrons. The fourth-order valence-electron chi connectivity index (χ4n) is 3.70. The van der Waals surface area contributed by atoms with Crippen molar-refractivity contribution in [2.45, 2.75) is 19.9 Å². The summed E-state index contributed by atoms with van der Waals surface area (Å²) in [5.41, 5.74) is 1.27. The van der Waals surface area contributed by atoms with Crippen molar-refractivity contribution in [2.75, 3.05) is 23.9 Å². The number of aromatic nitrogens is 6. The number of fused-ring (bicyclic) bond motifs is 1. The van der Waals surface area contributed by atoms with E-state index < -0.39 is 17.5 Å². The van der Waals surface area contributed by atoms with Crippen LogP contribution in [0.15, 0.2) is 36.7 Å². The number of benzene rings is 2. The summed E-state index contributed by atoms with van der Waals surface area (Å²) >= 11 is 0. The number of nitrogens with one attached hydrogen (secondary N) is 1. The molecule has 4 aromatic rings. The average Bonchev–Trinajstić information content (AvgIpc) is 3.43. The molecule has 0 atom stereocenters. The quantitative estimate of drug-likeness (QED) is 0.456. The molecule has 0 aliphatic carbocycles. The third-order valence-electron chi connectivity index (χ3n) is 5.24. The van der Waals surface area contributed by atoms with E-state index in [9.17, 15) is 13.2 Å². The van der Waals surface area contributed by atoms with Crippen LogP contribution in [-0.2, 0) is 6.54 Å². The Kier molecular flexibility index (Phi) is 5.11. The van der Waals surface area contributed by atoms with Gasteiger partial charge in [-0.05, 0) is 37.6 Å². The Labute approximate surface area is 186 Å². The summed E-state index contributed by atoms with van der Waals surface area (Å²) in [5.74, 6) is -2.23. The molecular formula is C21H19F3N8O. The summed E-state index contributed by atoms with van der Waals surface area (Å²) in [6.45, 7) is 2.74. The number of hydrogen-bond donors (Lipinski definition) is 1. The Morgan fingerprint density at radius 3 is 2.58 bits per heavy atom. The molecule has 1 N–H and O–H groups in total. The lowest BCUT2D eigenvalue weighted by Gasteiger charge is -2.28. The highest BCUT2D eigenvalue weighted by atomic mass is 19.2. The fourth-order valence-corrected chi connectivity index (χ4v) is 3.70. The number of anilines is 4. The zero-order valence-electron chi connectivity index (χ0n) is 17.8. The Morgan fingerprint density at radius 1 is 1.00 bits per heavy atom. The van der Waals surface area contributed by atoms with Gasteiger partial charge in [-0.15, -0.1) is 5.10 Å². The molecule has 1 aliphatic rings. The molecule has 2 aromatic carbocycles. The Balaban J connectivity index is 1.44. The number of nitrogens with zero attached hydrogens (tertiary/aromatic N) is 7. The van der Waals surface area contributed by atoms with Crippen molar-refractivity contribution in [3.05, 3.63) is 59.9 Å². The molecule has 0 saturated heterocycles. The van der Waals surface area contributed by atoms with E-state index in [1.54, 1.807) is 35.8 Å². The lowest BCUT2D eigenvalue weighted by Crippen LogP contribution is -2.29. The molecular weight excluding hydrogens is 437 g/mol. The van der Waals surface area contributed by atoms with Gasteiger partial charge in [0.2, 0.25) is 11.9 Å². The largest absolute Gasteiger partial charge is 0.494 e.